The van der Waals surface area contributed by atoms with Crippen LogP contribution in [0.3, 0.4) is 0 Å². The maximum atomic E-state index is 12.5. The molecule has 1 unspecified atom stereocenters. The predicted molar refractivity (Wildman–Crippen MR) is 92.7 cm³/mol. The van der Waals surface area contributed by atoms with Gasteiger partial charge in [0.15, 0.2) is 0 Å². The summed E-state index contributed by atoms with van der Waals surface area (Å²) in [6.07, 6.45) is 1.03. The number of carbonyl (C=O) groups excluding carboxylic acids is 1. The molecule has 0 saturated carbocycles. The van der Waals surface area contributed by atoms with Crippen LogP contribution in [0.1, 0.15) is 74.1 Å². The molecule has 0 saturated heterocycles. The lowest BCUT2D eigenvalue weighted by Crippen LogP contribution is -2.48. The number of nitrogens with two attached hydrogens (primary N) is 1. The van der Waals surface area contributed by atoms with Crippen LogP contribution in [0.2, 0.25) is 0 Å². The molecule has 6 heteroatoms. The van der Waals surface area contributed by atoms with E-state index in [0.717, 1.165) is 0 Å². The number of carbonyl (C=O) groups is 3. The Morgan fingerprint density at radius 1 is 0.750 bits per heavy atom. The Kier molecular flexibility index (Phi) is 6.78. The Labute approximate surface area is 144 Å². The minimum Gasteiger partial charge on any atom is -0.481 e. The molecule has 0 aromatic heterocycles. The zero-order valence-corrected chi connectivity index (χ0v) is 16.0. The monoisotopic (exact) mass is 343 g/mol. The molecular formula is C18H33NO5. The molecule has 0 aliphatic rings. The van der Waals surface area contributed by atoms with Crippen molar-refractivity contribution in [2.45, 2.75) is 79.7 Å². The number of Topliss-reactive ketones (excluding diaryl/α,β-unsaturated/α-hetero) is 1. The summed E-state index contributed by atoms with van der Waals surface area (Å²) in [5.74, 6) is -1.98. The molecule has 0 spiro atoms. The van der Waals surface area contributed by atoms with Gasteiger partial charge in [0, 0.05) is 12.8 Å². The standard InChI is InChI=1S/C18H33NO5/c1-15(2,10-17(5,6)13(21)22)8-12(20)9-16(3,4)11-18(7,19)14(23)24/h8-11,19H2,1-7H3,(H,21,22)(H,23,24). The molecular weight excluding hydrogens is 310 g/mol. The summed E-state index contributed by atoms with van der Waals surface area (Å²) in [7, 11) is 0. The van der Waals surface area contributed by atoms with E-state index in [9.17, 15) is 19.5 Å². The summed E-state index contributed by atoms with van der Waals surface area (Å²) in [6.45, 7) is 12.2. The van der Waals surface area contributed by atoms with Crippen molar-refractivity contribution < 1.29 is 24.6 Å². The van der Waals surface area contributed by atoms with Gasteiger partial charge in [0.05, 0.1) is 5.41 Å². The Morgan fingerprint density at radius 3 is 1.46 bits per heavy atom. The Hall–Kier alpha value is -1.43. The van der Waals surface area contributed by atoms with Crippen LogP contribution in [0.15, 0.2) is 0 Å². The van der Waals surface area contributed by atoms with Crippen LogP contribution in [-0.4, -0.2) is 33.5 Å². The fourth-order valence-electron chi connectivity index (χ4n) is 3.60. The molecule has 0 fully saturated rings. The molecule has 0 rings (SSSR count). The third kappa shape index (κ3) is 7.43. The van der Waals surface area contributed by atoms with E-state index in [2.05, 4.69) is 0 Å². The number of rotatable bonds is 10. The normalized spacial score (nSPS) is 15.7. The molecule has 0 aromatic carbocycles. The van der Waals surface area contributed by atoms with E-state index in [-0.39, 0.29) is 25.0 Å². The van der Waals surface area contributed by atoms with E-state index in [1.54, 1.807) is 13.8 Å². The number of carboxylic acids is 2. The van der Waals surface area contributed by atoms with E-state index in [4.69, 9.17) is 10.8 Å². The van der Waals surface area contributed by atoms with Gasteiger partial charge in [-0.15, -0.1) is 0 Å². The van der Waals surface area contributed by atoms with Gasteiger partial charge in [-0.25, -0.2) is 0 Å². The van der Waals surface area contributed by atoms with Crippen LogP contribution < -0.4 is 5.73 Å². The van der Waals surface area contributed by atoms with E-state index in [1.807, 2.05) is 27.7 Å². The molecule has 0 bridgehead atoms. The quantitative estimate of drug-likeness (QED) is 0.561. The van der Waals surface area contributed by atoms with Crippen LogP contribution >= 0.6 is 0 Å². The Morgan fingerprint density at radius 2 is 1.12 bits per heavy atom. The van der Waals surface area contributed by atoms with Crippen molar-refractivity contribution in [3.63, 3.8) is 0 Å². The highest BCUT2D eigenvalue weighted by Crippen LogP contribution is 2.38. The lowest BCUT2D eigenvalue weighted by atomic mass is 9.70. The molecule has 0 aliphatic carbocycles. The lowest BCUT2D eigenvalue weighted by Gasteiger charge is -2.34. The summed E-state index contributed by atoms with van der Waals surface area (Å²) in [5, 5.41) is 18.4. The average Bonchev–Trinajstić information content (AvgIpc) is 2.22. The highest BCUT2D eigenvalue weighted by molar-refractivity contribution is 5.81. The Balaban J connectivity index is 4.89. The van der Waals surface area contributed by atoms with E-state index in [1.165, 1.54) is 6.92 Å². The molecule has 6 nitrogen and oxygen atoms in total. The second-order valence-corrected chi connectivity index (χ2v) is 9.49. The summed E-state index contributed by atoms with van der Waals surface area (Å²) in [6, 6.07) is 0. The first kappa shape index (κ1) is 22.6. The number of ketones is 1. The third-order valence-electron chi connectivity index (χ3n) is 4.19. The lowest BCUT2D eigenvalue weighted by molar-refractivity contribution is -0.149. The van der Waals surface area contributed by atoms with Crippen LogP contribution in [0, 0.1) is 16.2 Å². The first-order chi connectivity index (χ1) is 10.4. The fraction of sp³-hybridized carbons (Fsp3) is 0.833. The summed E-state index contributed by atoms with van der Waals surface area (Å²) < 4.78 is 0. The van der Waals surface area contributed by atoms with Crippen LogP contribution in [0.4, 0.5) is 0 Å². The minimum atomic E-state index is -1.38. The fourth-order valence-corrected chi connectivity index (χ4v) is 3.60. The van der Waals surface area contributed by atoms with Gasteiger partial charge in [-0.1, -0.05) is 27.7 Å². The third-order valence-corrected chi connectivity index (χ3v) is 4.19. The van der Waals surface area contributed by atoms with Crippen molar-refractivity contribution in [3.8, 4) is 0 Å². The minimum absolute atomic E-state index is 0.00706. The van der Waals surface area contributed by atoms with E-state index >= 15 is 0 Å². The molecule has 0 aromatic rings. The topological polar surface area (TPSA) is 118 Å². The highest BCUT2D eigenvalue weighted by atomic mass is 16.4. The smallest absolute Gasteiger partial charge is 0.323 e. The number of hydrogen-bond donors (Lipinski definition) is 3. The maximum absolute atomic E-state index is 12.5. The summed E-state index contributed by atoms with van der Waals surface area (Å²) in [5.41, 5.74) is 2.51. The van der Waals surface area contributed by atoms with Crippen LogP contribution in [-0.2, 0) is 14.4 Å². The largest absolute Gasteiger partial charge is 0.481 e. The van der Waals surface area contributed by atoms with Crippen molar-refractivity contribution in [1.29, 1.82) is 0 Å². The molecule has 0 amide bonds. The van der Waals surface area contributed by atoms with Crippen molar-refractivity contribution in [1.82, 2.24) is 0 Å². The van der Waals surface area contributed by atoms with Crippen molar-refractivity contribution in [3.05, 3.63) is 0 Å². The number of hydrogen-bond acceptors (Lipinski definition) is 4. The van der Waals surface area contributed by atoms with Gasteiger partial charge in [0.25, 0.3) is 0 Å². The molecule has 1 atom stereocenters. The average molecular weight is 343 g/mol. The van der Waals surface area contributed by atoms with Crippen molar-refractivity contribution in [2.24, 2.45) is 22.0 Å². The molecule has 140 valence electrons. The predicted octanol–water partition coefficient (Wildman–Crippen LogP) is 3.08. The first-order valence-electron chi connectivity index (χ1n) is 8.18. The van der Waals surface area contributed by atoms with Crippen molar-refractivity contribution in [2.75, 3.05) is 0 Å². The zero-order chi connectivity index (χ0) is 19.6. The second kappa shape index (κ2) is 7.21. The summed E-state index contributed by atoms with van der Waals surface area (Å²) >= 11 is 0. The van der Waals surface area contributed by atoms with Crippen LogP contribution in [0.5, 0.6) is 0 Å². The number of aliphatic carboxylic acids is 2. The summed E-state index contributed by atoms with van der Waals surface area (Å²) in [4.78, 5) is 34.9. The Bertz CT molecular complexity index is 460. The molecule has 0 radical (unpaired) electrons. The molecule has 0 heterocycles. The van der Waals surface area contributed by atoms with E-state index < -0.39 is 33.7 Å². The second-order valence-electron chi connectivity index (χ2n) is 9.49. The molecule has 4 N–H and O–H groups in total. The van der Waals surface area contributed by atoms with Crippen LogP contribution in [0.25, 0.3) is 0 Å². The molecule has 0 aliphatic heterocycles. The van der Waals surface area contributed by atoms with Gasteiger partial charge in [0.1, 0.15) is 11.3 Å². The van der Waals surface area contributed by atoms with Gasteiger partial charge >= 0.3 is 11.9 Å². The zero-order valence-electron chi connectivity index (χ0n) is 16.0. The van der Waals surface area contributed by atoms with Gasteiger partial charge in [-0.2, -0.15) is 0 Å². The number of carboxylic acid groups (broad SMARTS) is 2. The van der Waals surface area contributed by atoms with E-state index in [0.29, 0.717) is 6.42 Å². The highest BCUT2D eigenvalue weighted by Gasteiger charge is 2.39. The van der Waals surface area contributed by atoms with Gasteiger partial charge in [-0.3, -0.25) is 14.4 Å². The van der Waals surface area contributed by atoms with Gasteiger partial charge in [-0.05, 0) is 44.4 Å². The molecule has 24 heavy (non-hydrogen) atoms. The van der Waals surface area contributed by atoms with Gasteiger partial charge < -0.3 is 15.9 Å². The maximum Gasteiger partial charge on any atom is 0.323 e. The first-order valence-corrected chi connectivity index (χ1v) is 8.18. The SMILES string of the molecule is CC(C)(CC(=O)CC(C)(C)CC(C)(N)C(=O)O)CC(C)(C)C(=O)O. The van der Waals surface area contributed by atoms with Crippen molar-refractivity contribution >= 4 is 17.7 Å². The van der Waals surface area contributed by atoms with Gasteiger partial charge in [0.2, 0.25) is 0 Å².